The van der Waals surface area contributed by atoms with Crippen molar-refractivity contribution in [2.75, 3.05) is 23.9 Å². The van der Waals surface area contributed by atoms with Crippen LogP contribution < -0.4 is 16.6 Å². The highest BCUT2D eigenvalue weighted by Gasteiger charge is 2.25. The van der Waals surface area contributed by atoms with Crippen molar-refractivity contribution in [1.29, 1.82) is 0 Å². The van der Waals surface area contributed by atoms with Crippen LogP contribution in [-0.2, 0) is 0 Å². The lowest BCUT2D eigenvalue weighted by Crippen LogP contribution is -2.29. The van der Waals surface area contributed by atoms with Gasteiger partial charge in [0.1, 0.15) is 18.0 Å². The molecule has 1 fully saturated rings. The number of anilines is 2. The smallest absolute Gasteiger partial charge is 0.148 e. The molecule has 0 aromatic carbocycles. The molecule has 118 valence electrons. The Bertz CT molecular complexity index is 452. The van der Waals surface area contributed by atoms with Crippen LogP contribution in [0.3, 0.4) is 0 Å². The summed E-state index contributed by atoms with van der Waals surface area (Å²) in [7, 11) is 0. The lowest BCUT2D eigenvalue weighted by Gasteiger charge is -2.30. The Kier molecular flexibility index (Phi) is 5.76. The molecule has 1 aromatic heterocycles. The average Bonchev–Trinajstić information content (AvgIpc) is 2.52. The highest BCUT2D eigenvalue weighted by atomic mass is 16.3. The predicted octanol–water partition coefficient (Wildman–Crippen LogP) is 2.10. The van der Waals surface area contributed by atoms with E-state index >= 15 is 0 Å². The first-order valence-electron chi connectivity index (χ1n) is 7.83. The van der Waals surface area contributed by atoms with Crippen molar-refractivity contribution in [3.05, 3.63) is 11.9 Å². The van der Waals surface area contributed by atoms with E-state index < -0.39 is 0 Å². The van der Waals surface area contributed by atoms with Crippen LogP contribution in [0.25, 0.3) is 0 Å². The zero-order valence-corrected chi connectivity index (χ0v) is 13.0. The first kappa shape index (κ1) is 16.0. The Hall–Kier alpha value is -1.40. The maximum atomic E-state index is 9.50. The van der Waals surface area contributed by atoms with Gasteiger partial charge in [-0.1, -0.05) is 26.7 Å². The van der Waals surface area contributed by atoms with Crippen molar-refractivity contribution in [2.24, 2.45) is 17.7 Å². The molecular formula is C15H27N5O. The van der Waals surface area contributed by atoms with Gasteiger partial charge in [-0.3, -0.25) is 0 Å². The summed E-state index contributed by atoms with van der Waals surface area (Å²) in [6.07, 6.45) is 6.29. The minimum absolute atomic E-state index is 0.278. The van der Waals surface area contributed by atoms with E-state index in [0.29, 0.717) is 17.7 Å². The number of hydrazine groups is 1. The molecule has 21 heavy (non-hydrogen) atoms. The van der Waals surface area contributed by atoms with Crippen LogP contribution in [0.5, 0.6) is 0 Å². The molecule has 1 aliphatic rings. The first-order chi connectivity index (χ1) is 10.2. The van der Waals surface area contributed by atoms with Crippen molar-refractivity contribution < 1.29 is 5.11 Å². The number of rotatable bonds is 6. The van der Waals surface area contributed by atoms with Crippen LogP contribution in [0.2, 0.25) is 0 Å². The summed E-state index contributed by atoms with van der Waals surface area (Å²) in [4.78, 5) is 8.54. The number of nitrogen functional groups attached to an aromatic ring is 1. The van der Waals surface area contributed by atoms with Crippen molar-refractivity contribution in [3.8, 4) is 0 Å². The fraction of sp³-hybridized carbons (Fsp3) is 0.733. The van der Waals surface area contributed by atoms with Crippen LogP contribution >= 0.6 is 0 Å². The van der Waals surface area contributed by atoms with Crippen molar-refractivity contribution in [2.45, 2.75) is 45.4 Å². The number of nitrogens with one attached hydrogen (secondary N) is 2. The summed E-state index contributed by atoms with van der Waals surface area (Å²) in [5, 5.41) is 12.9. The number of aliphatic hydroxyl groups excluding tert-OH is 1. The largest absolute Gasteiger partial charge is 0.396 e. The van der Waals surface area contributed by atoms with E-state index in [0.717, 1.165) is 24.3 Å². The number of nitrogens with two attached hydrogens (primary N) is 1. The number of aromatic nitrogens is 2. The molecule has 2 unspecified atom stereocenters. The zero-order valence-electron chi connectivity index (χ0n) is 13.0. The van der Waals surface area contributed by atoms with Gasteiger partial charge in [-0.25, -0.2) is 15.8 Å². The summed E-state index contributed by atoms with van der Waals surface area (Å²) in [6.45, 7) is 5.32. The van der Waals surface area contributed by atoms with E-state index in [-0.39, 0.29) is 12.5 Å². The summed E-state index contributed by atoms with van der Waals surface area (Å²) in [6, 6.07) is 0. The van der Waals surface area contributed by atoms with Gasteiger partial charge in [0.2, 0.25) is 0 Å². The highest BCUT2D eigenvalue weighted by molar-refractivity contribution is 5.58. The van der Waals surface area contributed by atoms with Gasteiger partial charge in [0.05, 0.1) is 0 Å². The maximum absolute atomic E-state index is 9.50. The molecule has 1 heterocycles. The second-order valence-corrected chi connectivity index (χ2v) is 6.15. The molecule has 0 saturated heterocycles. The van der Waals surface area contributed by atoms with Gasteiger partial charge in [-0.2, -0.15) is 0 Å². The Labute approximate surface area is 126 Å². The highest BCUT2D eigenvalue weighted by Crippen LogP contribution is 2.32. The zero-order chi connectivity index (χ0) is 15.2. The SMILES string of the molecule is CC(C)c1c(NN)ncnc1NCC1CCCCC1CO. The van der Waals surface area contributed by atoms with Gasteiger partial charge in [-0.15, -0.1) is 0 Å². The van der Waals surface area contributed by atoms with Gasteiger partial charge in [-0.05, 0) is 30.6 Å². The molecule has 1 saturated carbocycles. The van der Waals surface area contributed by atoms with Crippen LogP contribution in [0.15, 0.2) is 6.33 Å². The molecular weight excluding hydrogens is 266 g/mol. The summed E-state index contributed by atoms with van der Waals surface area (Å²) in [5.74, 6) is 8.24. The van der Waals surface area contributed by atoms with E-state index in [9.17, 15) is 5.11 Å². The Morgan fingerprint density at radius 2 is 1.90 bits per heavy atom. The molecule has 0 radical (unpaired) electrons. The lowest BCUT2D eigenvalue weighted by atomic mass is 9.79. The maximum Gasteiger partial charge on any atom is 0.148 e. The van der Waals surface area contributed by atoms with Gasteiger partial charge < -0.3 is 15.8 Å². The summed E-state index contributed by atoms with van der Waals surface area (Å²) >= 11 is 0. The Balaban J connectivity index is 2.08. The Morgan fingerprint density at radius 3 is 2.52 bits per heavy atom. The van der Waals surface area contributed by atoms with Gasteiger partial charge in [0, 0.05) is 18.7 Å². The van der Waals surface area contributed by atoms with Crippen molar-refractivity contribution in [1.82, 2.24) is 9.97 Å². The standard InChI is InChI=1S/C15H27N5O/c1-10(2)13-14(18-9-19-15(13)20-16)17-7-11-5-3-4-6-12(11)8-21/h9-12,21H,3-8,16H2,1-2H3,(H2,17,18,19,20). The number of nitrogens with zero attached hydrogens (tertiary/aromatic N) is 2. The molecule has 1 aliphatic carbocycles. The normalized spacial score (nSPS) is 22.3. The third kappa shape index (κ3) is 3.83. The molecule has 6 heteroatoms. The third-order valence-electron chi connectivity index (χ3n) is 4.43. The van der Waals surface area contributed by atoms with Gasteiger partial charge in [0.25, 0.3) is 0 Å². The monoisotopic (exact) mass is 293 g/mol. The van der Waals surface area contributed by atoms with Gasteiger partial charge in [0.15, 0.2) is 0 Å². The third-order valence-corrected chi connectivity index (χ3v) is 4.43. The summed E-state index contributed by atoms with van der Waals surface area (Å²) < 4.78 is 0. The average molecular weight is 293 g/mol. The Morgan fingerprint density at radius 1 is 1.24 bits per heavy atom. The topological polar surface area (TPSA) is 96.1 Å². The minimum Gasteiger partial charge on any atom is -0.396 e. The van der Waals surface area contributed by atoms with Crippen LogP contribution in [0.1, 0.15) is 51.0 Å². The molecule has 1 aromatic rings. The summed E-state index contributed by atoms with van der Waals surface area (Å²) in [5.41, 5.74) is 3.65. The molecule has 2 rings (SSSR count). The fourth-order valence-electron chi connectivity index (χ4n) is 3.22. The fourth-order valence-corrected chi connectivity index (χ4v) is 3.22. The number of hydrogen-bond donors (Lipinski definition) is 4. The van der Waals surface area contributed by atoms with Gasteiger partial charge >= 0.3 is 0 Å². The molecule has 0 spiro atoms. The predicted molar refractivity (Wildman–Crippen MR) is 85.0 cm³/mol. The molecule has 0 aliphatic heterocycles. The second-order valence-electron chi connectivity index (χ2n) is 6.15. The molecule has 6 nitrogen and oxygen atoms in total. The first-order valence-corrected chi connectivity index (χ1v) is 7.83. The minimum atomic E-state index is 0.278. The second kappa shape index (κ2) is 7.56. The van der Waals surface area contributed by atoms with E-state index in [2.05, 4.69) is 34.6 Å². The molecule has 2 atom stereocenters. The van der Waals surface area contributed by atoms with Crippen LogP contribution in [-0.4, -0.2) is 28.2 Å². The van der Waals surface area contributed by atoms with Crippen LogP contribution in [0.4, 0.5) is 11.6 Å². The number of hydrogen-bond acceptors (Lipinski definition) is 6. The van der Waals surface area contributed by atoms with E-state index in [1.54, 1.807) is 0 Å². The lowest BCUT2D eigenvalue weighted by molar-refractivity contribution is 0.141. The van der Waals surface area contributed by atoms with E-state index in [1.165, 1.54) is 25.6 Å². The number of aliphatic hydroxyl groups is 1. The van der Waals surface area contributed by atoms with E-state index in [4.69, 9.17) is 5.84 Å². The van der Waals surface area contributed by atoms with Crippen molar-refractivity contribution in [3.63, 3.8) is 0 Å². The molecule has 0 amide bonds. The van der Waals surface area contributed by atoms with E-state index in [1.807, 2.05) is 0 Å². The van der Waals surface area contributed by atoms with Crippen LogP contribution in [0, 0.1) is 11.8 Å². The quantitative estimate of drug-likeness (QED) is 0.474. The van der Waals surface area contributed by atoms with Crippen molar-refractivity contribution >= 4 is 11.6 Å². The molecule has 0 bridgehead atoms. The molecule has 5 N–H and O–H groups in total.